The quantitative estimate of drug-likeness (QED) is 0.766. The summed E-state index contributed by atoms with van der Waals surface area (Å²) in [7, 11) is 2.96. The predicted molar refractivity (Wildman–Crippen MR) is 62.2 cm³/mol. The molecule has 0 saturated heterocycles. The van der Waals surface area contributed by atoms with Crippen LogP contribution < -0.4 is 20.1 Å². The maximum atomic E-state index is 11.4. The zero-order valence-corrected chi connectivity index (χ0v) is 10.1. The SMILES string of the molecule is COc1cc(OC)nc(N(CCN)C(C)=O)n1. The molecule has 0 unspecified atom stereocenters. The van der Waals surface area contributed by atoms with Crippen LogP contribution in [0, 0.1) is 0 Å². The summed E-state index contributed by atoms with van der Waals surface area (Å²) in [6.07, 6.45) is 0. The van der Waals surface area contributed by atoms with E-state index in [1.807, 2.05) is 0 Å². The molecular weight excluding hydrogens is 224 g/mol. The molecule has 1 rings (SSSR count). The molecule has 1 heterocycles. The highest BCUT2D eigenvalue weighted by Crippen LogP contribution is 2.19. The molecule has 1 aromatic rings. The minimum atomic E-state index is -0.189. The standard InChI is InChI=1S/C10H16N4O3/c1-7(15)14(5-4-11)10-12-8(16-2)6-9(13-10)17-3/h6H,4-5,11H2,1-3H3. The maximum absolute atomic E-state index is 11.4. The lowest BCUT2D eigenvalue weighted by Gasteiger charge is -2.18. The smallest absolute Gasteiger partial charge is 0.238 e. The van der Waals surface area contributed by atoms with E-state index in [1.165, 1.54) is 32.1 Å². The highest BCUT2D eigenvalue weighted by molar-refractivity contribution is 5.89. The fourth-order valence-corrected chi connectivity index (χ4v) is 1.25. The summed E-state index contributed by atoms with van der Waals surface area (Å²) in [5.74, 6) is 0.690. The monoisotopic (exact) mass is 240 g/mol. The van der Waals surface area contributed by atoms with Gasteiger partial charge in [0.1, 0.15) is 0 Å². The second kappa shape index (κ2) is 6.00. The Labute approximate surface area is 99.5 Å². The molecular formula is C10H16N4O3. The van der Waals surface area contributed by atoms with Crippen LogP contribution in [0.15, 0.2) is 6.07 Å². The van der Waals surface area contributed by atoms with E-state index < -0.39 is 0 Å². The van der Waals surface area contributed by atoms with Gasteiger partial charge < -0.3 is 15.2 Å². The predicted octanol–water partition coefficient (Wildman–Crippen LogP) is -0.195. The molecule has 2 N–H and O–H groups in total. The third-order valence-electron chi connectivity index (χ3n) is 2.06. The maximum Gasteiger partial charge on any atom is 0.238 e. The van der Waals surface area contributed by atoms with E-state index in [9.17, 15) is 4.79 Å². The Morgan fingerprint density at radius 3 is 2.24 bits per heavy atom. The first kappa shape index (κ1) is 13.2. The molecule has 0 radical (unpaired) electrons. The Kier molecular flexibility index (Phi) is 4.65. The van der Waals surface area contributed by atoms with Crippen LogP contribution in [-0.4, -0.2) is 43.2 Å². The number of hydrogen-bond donors (Lipinski definition) is 1. The summed E-state index contributed by atoms with van der Waals surface area (Å²) in [5.41, 5.74) is 5.43. The topological polar surface area (TPSA) is 90.6 Å². The number of methoxy groups -OCH3 is 2. The Morgan fingerprint density at radius 1 is 1.35 bits per heavy atom. The van der Waals surface area contributed by atoms with Crippen LogP contribution in [0.25, 0.3) is 0 Å². The van der Waals surface area contributed by atoms with E-state index >= 15 is 0 Å². The minimum absolute atomic E-state index is 0.189. The molecule has 0 aliphatic carbocycles. The van der Waals surface area contributed by atoms with Gasteiger partial charge in [-0.05, 0) is 0 Å². The minimum Gasteiger partial charge on any atom is -0.481 e. The molecule has 0 spiro atoms. The Morgan fingerprint density at radius 2 is 1.88 bits per heavy atom. The molecule has 0 aliphatic heterocycles. The van der Waals surface area contributed by atoms with Crippen LogP contribution in [0.4, 0.5) is 5.95 Å². The molecule has 0 saturated carbocycles. The zero-order valence-electron chi connectivity index (χ0n) is 10.1. The van der Waals surface area contributed by atoms with Crippen LogP contribution >= 0.6 is 0 Å². The molecule has 17 heavy (non-hydrogen) atoms. The molecule has 7 heteroatoms. The highest BCUT2D eigenvalue weighted by atomic mass is 16.5. The van der Waals surface area contributed by atoms with Crippen molar-refractivity contribution in [3.05, 3.63) is 6.07 Å². The number of nitrogens with two attached hydrogens (primary N) is 1. The van der Waals surface area contributed by atoms with Crippen molar-refractivity contribution < 1.29 is 14.3 Å². The van der Waals surface area contributed by atoms with E-state index in [0.29, 0.717) is 24.8 Å². The third-order valence-corrected chi connectivity index (χ3v) is 2.06. The van der Waals surface area contributed by atoms with Crippen molar-refractivity contribution in [2.75, 3.05) is 32.2 Å². The Hall–Kier alpha value is -1.89. The first-order valence-corrected chi connectivity index (χ1v) is 5.07. The van der Waals surface area contributed by atoms with Gasteiger partial charge in [0, 0.05) is 20.0 Å². The zero-order chi connectivity index (χ0) is 12.8. The summed E-state index contributed by atoms with van der Waals surface area (Å²) in [5, 5.41) is 0. The second-order valence-electron chi connectivity index (χ2n) is 3.21. The summed E-state index contributed by atoms with van der Waals surface area (Å²) in [4.78, 5) is 21.0. The average molecular weight is 240 g/mol. The van der Waals surface area contributed by atoms with Crippen LogP contribution in [0.1, 0.15) is 6.92 Å². The summed E-state index contributed by atoms with van der Waals surface area (Å²) >= 11 is 0. The van der Waals surface area contributed by atoms with E-state index in [2.05, 4.69) is 9.97 Å². The third kappa shape index (κ3) is 3.28. The van der Waals surface area contributed by atoms with Crippen molar-refractivity contribution >= 4 is 11.9 Å². The largest absolute Gasteiger partial charge is 0.481 e. The van der Waals surface area contributed by atoms with Gasteiger partial charge in [0.25, 0.3) is 0 Å². The first-order chi connectivity index (χ1) is 8.12. The summed E-state index contributed by atoms with van der Waals surface area (Å²) in [6, 6.07) is 1.53. The van der Waals surface area contributed by atoms with Crippen LogP contribution in [0.2, 0.25) is 0 Å². The molecule has 94 valence electrons. The van der Waals surface area contributed by atoms with Crippen molar-refractivity contribution in [2.24, 2.45) is 5.73 Å². The number of amides is 1. The number of hydrogen-bond acceptors (Lipinski definition) is 6. The van der Waals surface area contributed by atoms with Gasteiger partial charge in [0.15, 0.2) is 0 Å². The second-order valence-corrected chi connectivity index (χ2v) is 3.21. The van der Waals surface area contributed by atoms with Crippen molar-refractivity contribution in [3.8, 4) is 11.8 Å². The number of aromatic nitrogens is 2. The van der Waals surface area contributed by atoms with Gasteiger partial charge in [-0.1, -0.05) is 0 Å². The molecule has 0 aliphatic rings. The van der Waals surface area contributed by atoms with Crippen molar-refractivity contribution in [2.45, 2.75) is 6.92 Å². The van der Waals surface area contributed by atoms with Gasteiger partial charge >= 0.3 is 0 Å². The number of ether oxygens (including phenoxy) is 2. The van der Waals surface area contributed by atoms with Crippen LogP contribution in [0.5, 0.6) is 11.8 Å². The fraction of sp³-hybridized carbons (Fsp3) is 0.500. The van der Waals surface area contributed by atoms with Crippen molar-refractivity contribution in [3.63, 3.8) is 0 Å². The van der Waals surface area contributed by atoms with E-state index in [-0.39, 0.29) is 11.9 Å². The first-order valence-electron chi connectivity index (χ1n) is 5.07. The highest BCUT2D eigenvalue weighted by Gasteiger charge is 2.16. The van der Waals surface area contributed by atoms with E-state index in [1.54, 1.807) is 0 Å². The Bertz CT molecular complexity index is 375. The van der Waals surface area contributed by atoms with Crippen molar-refractivity contribution in [1.82, 2.24) is 9.97 Å². The van der Waals surface area contributed by atoms with Gasteiger partial charge in [-0.3, -0.25) is 9.69 Å². The van der Waals surface area contributed by atoms with E-state index in [4.69, 9.17) is 15.2 Å². The Balaban J connectivity index is 3.12. The van der Waals surface area contributed by atoms with Gasteiger partial charge in [0.2, 0.25) is 23.6 Å². The van der Waals surface area contributed by atoms with Crippen LogP contribution in [0.3, 0.4) is 0 Å². The molecule has 0 fully saturated rings. The molecule has 1 amide bonds. The van der Waals surface area contributed by atoms with Gasteiger partial charge in [-0.25, -0.2) is 0 Å². The number of rotatable bonds is 5. The fourth-order valence-electron chi connectivity index (χ4n) is 1.25. The summed E-state index contributed by atoms with van der Waals surface area (Å²) < 4.78 is 10.0. The summed E-state index contributed by atoms with van der Waals surface area (Å²) in [6.45, 7) is 2.08. The average Bonchev–Trinajstić information content (AvgIpc) is 2.34. The van der Waals surface area contributed by atoms with Crippen LogP contribution in [-0.2, 0) is 4.79 Å². The van der Waals surface area contributed by atoms with Crippen molar-refractivity contribution in [1.29, 1.82) is 0 Å². The number of nitrogens with zero attached hydrogens (tertiary/aromatic N) is 3. The molecule has 0 aromatic carbocycles. The lowest BCUT2D eigenvalue weighted by atomic mass is 10.5. The molecule has 0 atom stereocenters. The lowest BCUT2D eigenvalue weighted by molar-refractivity contribution is -0.116. The normalized spacial score (nSPS) is 9.88. The molecule has 7 nitrogen and oxygen atoms in total. The number of anilines is 1. The molecule has 1 aromatic heterocycles. The van der Waals surface area contributed by atoms with Gasteiger partial charge in [-0.15, -0.1) is 0 Å². The van der Waals surface area contributed by atoms with Gasteiger partial charge in [0.05, 0.1) is 20.3 Å². The molecule has 0 bridgehead atoms. The van der Waals surface area contributed by atoms with E-state index in [0.717, 1.165) is 0 Å². The lowest BCUT2D eigenvalue weighted by Crippen LogP contribution is -2.35. The number of carbonyl (C=O) groups excluding carboxylic acids is 1. The van der Waals surface area contributed by atoms with Gasteiger partial charge in [-0.2, -0.15) is 9.97 Å². The number of carbonyl (C=O) groups is 1.